The average Bonchev–Trinajstić information content (AvgIpc) is 2.35. The predicted octanol–water partition coefficient (Wildman–Crippen LogP) is 2.06. The molecule has 0 aliphatic heterocycles. The Bertz CT molecular complexity index is 499. The molecule has 0 fully saturated rings. The van der Waals surface area contributed by atoms with Gasteiger partial charge in [0.2, 0.25) is 5.95 Å². The molecule has 0 bridgehead atoms. The molecule has 2 rings (SSSR count). The van der Waals surface area contributed by atoms with Gasteiger partial charge in [-0.3, -0.25) is 0 Å². The molecule has 4 nitrogen and oxygen atoms in total. The van der Waals surface area contributed by atoms with Gasteiger partial charge in [-0.1, -0.05) is 32.0 Å². The molecule has 17 heavy (non-hydrogen) atoms. The number of aromatic nitrogens is 2. The quantitative estimate of drug-likeness (QED) is 0.845. The van der Waals surface area contributed by atoms with Crippen LogP contribution in [0.25, 0.3) is 10.9 Å². The summed E-state index contributed by atoms with van der Waals surface area (Å²) in [6, 6.07) is 7.83. The van der Waals surface area contributed by atoms with Gasteiger partial charge in [0.05, 0.1) is 11.6 Å². The Balaban J connectivity index is 2.09. The molecule has 1 aromatic heterocycles. The van der Waals surface area contributed by atoms with E-state index in [0.29, 0.717) is 12.5 Å². The lowest BCUT2D eigenvalue weighted by molar-refractivity contribution is 0.137. The number of benzene rings is 1. The molecule has 0 saturated carbocycles. The van der Waals surface area contributed by atoms with E-state index in [-0.39, 0.29) is 12.0 Å². The Morgan fingerprint density at radius 3 is 2.82 bits per heavy atom. The summed E-state index contributed by atoms with van der Waals surface area (Å²) in [6.07, 6.45) is 1.40. The van der Waals surface area contributed by atoms with Crippen LogP contribution in [0.2, 0.25) is 0 Å². The molecule has 1 unspecified atom stereocenters. The van der Waals surface area contributed by atoms with Gasteiger partial charge in [-0.05, 0) is 12.0 Å². The molecule has 0 aliphatic rings. The maximum Gasteiger partial charge on any atom is 0.223 e. The molecule has 90 valence electrons. The van der Waals surface area contributed by atoms with Crippen LogP contribution in [0.15, 0.2) is 30.5 Å². The first-order valence-corrected chi connectivity index (χ1v) is 5.80. The highest BCUT2D eigenvalue weighted by molar-refractivity contribution is 5.78. The monoisotopic (exact) mass is 231 g/mol. The highest BCUT2D eigenvalue weighted by atomic mass is 16.3. The van der Waals surface area contributed by atoms with Crippen LogP contribution in [0.1, 0.15) is 13.8 Å². The lowest BCUT2D eigenvalue weighted by Crippen LogP contribution is -2.25. The second-order valence-electron chi connectivity index (χ2n) is 4.44. The van der Waals surface area contributed by atoms with Crippen molar-refractivity contribution >= 4 is 16.9 Å². The summed E-state index contributed by atoms with van der Waals surface area (Å²) in [5.41, 5.74) is 0.907. The van der Waals surface area contributed by atoms with Crippen molar-refractivity contribution in [1.29, 1.82) is 0 Å². The second kappa shape index (κ2) is 5.10. The number of hydrogen-bond donors (Lipinski definition) is 2. The molecule has 0 amide bonds. The molecule has 2 N–H and O–H groups in total. The summed E-state index contributed by atoms with van der Waals surface area (Å²) < 4.78 is 0. The number of rotatable bonds is 4. The Morgan fingerprint density at radius 2 is 2.06 bits per heavy atom. The largest absolute Gasteiger partial charge is 0.391 e. The summed E-state index contributed by atoms with van der Waals surface area (Å²) in [7, 11) is 0. The van der Waals surface area contributed by atoms with E-state index >= 15 is 0 Å². The third kappa shape index (κ3) is 2.91. The lowest BCUT2D eigenvalue weighted by Gasteiger charge is -2.14. The maximum absolute atomic E-state index is 9.68. The number of fused-ring (bicyclic) bond motifs is 1. The minimum atomic E-state index is -0.384. The van der Waals surface area contributed by atoms with Gasteiger partial charge in [-0.25, -0.2) is 9.97 Å². The fourth-order valence-electron chi connectivity index (χ4n) is 1.49. The van der Waals surface area contributed by atoms with Crippen molar-refractivity contribution in [1.82, 2.24) is 9.97 Å². The lowest BCUT2D eigenvalue weighted by atomic mass is 10.1. The van der Waals surface area contributed by atoms with Gasteiger partial charge in [0.25, 0.3) is 0 Å². The van der Waals surface area contributed by atoms with Crippen LogP contribution in [-0.2, 0) is 0 Å². The summed E-state index contributed by atoms with van der Waals surface area (Å²) in [5, 5.41) is 13.7. The van der Waals surface area contributed by atoms with Gasteiger partial charge in [-0.15, -0.1) is 0 Å². The highest BCUT2D eigenvalue weighted by Gasteiger charge is 2.09. The summed E-state index contributed by atoms with van der Waals surface area (Å²) in [4.78, 5) is 8.58. The van der Waals surface area contributed by atoms with E-state index in [2.05, 4.69) is 15.3 Å². The van der Waals surface area contributed by atoms with Crippen molar-refractivity contribution in [3.05, 3.63) is 30.5 Å². The van der Waals surface area contributed by atoms with E-state index in [1.807, 2.05) is 38.1 Å². The van der Waals surface area contributed by atoms with Gasteiger partial charge in [-0.2, -0.15) is 0 Å². The van der Waals surface area contributed by atoms with E-state index in [0.717, 1.165) is 10.9 Å². The minimum Gasteiger partial charge on any atom is -0.391 e. The first kappa shape index (κ1) is 11.8. The Kier molecular flexibility index (Phi) is 3.54. The van der Waals surface area contributed by atoms with Gasteiger partial charge in [0.1, 0.15) is 0 Å². The minimum absolute atomic E-state index is 0.225. The molecule has 0 spiro atoms. The molecule has 0 radical (unpaired) electrons. The predicted molar refractivity (Wildman–Crippen MR) is 68.9 cm³/mol. The number of para-hydroxylation sites is 1. The van der Waals surface area contributed by atoms with E-state index in [4.69, 9.17) is 0 Å². The van der Waals surface area contributed by atoms with E-state index in [1.54, 1.807) is 6.20 Å². The topological polar surface area (TPSA) is 58.0 Å². The number of aliphatic hydroxyl groups excluding tert-OH is 1. The molecule has 2 aromatic rings. The number of nitrogens with one attached hydrogen (secondary N) is 1. The zero-order chi connectivity index (χ0) is 12.3. The van der Waals surface area contributed by atoms with E-state index in [1.165, 1.54) is 0 Å². The van der Waals surface area contributed by atoms with Crippen LogP contribution in [0.4, 0.5) is 5.95 Å². The SMILES string of the molecule is CC(C)C(O)CNc1ncc2ccccc2n1. The molecule has 1 heterocycles. The maximum atomic E-state index is 9.68. The number of aliphatic hydroxyl groups is 1. The normalized spacial score (nSPS) is 12.9. The van der Waals surface area contributed by atoms with E-state index in [9.17, 15) is 5.11 Å². The van der Waals surface area contributed by atoms with Crippen molar-refractivity contribution < 1.29 is 5.11 Å². The average molecular weight is 231 g/mol. The molecule has 0 aliphatic carbocycles. The van der Waals surface area contributed by atoms with Crippen molar-refractivity contribution in [3.8, 4) is 0 Å². The zero-order valence-electron chi connectivity index (χ0n) is 10.1. The van der Waals surface area contributed by atoms with Gasteiger partial charge < -0.3 is 10.4 Å². The highest BCUT2D eigenvalue weighted by Crippen LogP contribution is 2.12. The van der Waals surface area contributed by atoms with E-state index < -0.39 is 0 Å². The van der Waals surface area contributed by atoms with Crippen molar-refractivity contribution in [2.75, 3.05) is 11.9 Å². The van der Waals surface area contributed by atoms with Crippen LogP contribution in [0.3, 0.4) is 0 Å². The van der Waals surface area contributed by atoms with Crippen LogP contribution in [-0.4, -0.2) is 27.7 Å². The number of anilines is 1. The summed E-state index contributed by atoms with van der Waals surface area (Å²) in [5.74, 6) is 0.784. The van der Waals surface area contributed by atoms with Gasteiger partial charge in [0, 0.05) is 18.1 Å². The molecular weight excluding hydrogens is 214 g/mol. The van der Waals surface area contributed by atoms with Crippen LogP contribution in [0, 0.1) is 5.92 Å². The van der Waals surface area contributed by atoms with Crippen LogP contribution < -0.4 is 5.32 Å². The van der Waals surface area contributed by atoms with Gasteiger partial charge >= 0.3 is 0 Å². The fraction of sp³-hybridized carbons (Fsp3) is 0.385. The Labute approximate surface area is 101 Å². The third-order valence-corrected chi connectivity index (χ3v) is 2.73. The molecule has 1 atom stereocenters. The zero-order valence-corrected chi connectivity index (χ0v) is 10.1. The fourth-order valence-corrected chi connectivity index (χ4v) is 1.49. The van der Waals surface area contributed by atoms with Crippen molar-refractivity contribution in [2.24, 2.45) is 5.92 Å². The molecule has 4 heteroatoms. The third-order valence-electron chi connectivity index (χ3n) is 2.73. The summed E-state index contributed by atoms with van der Waals surface area (Å²) >= 11 is 0. The van der Waals surface area contributed by atoms with Gasteiger partial charge in [0.15, 0.2) is 0 Å². The summed E-state index contributed by atoms with van der Waals surface area (Å²) in [6.45, 7) is 4.43. The second-order valence-corrected chi connectivity index (χ2v) is 4.44. The Morgan fingerprint density at radius 1 is 1.29 bits per heavy atom. The van der Waals surface area contributed by atoms with Crippen molar-refractivity contribution in [2.45, 2.75) is 20.0 Å². The molecular formula is C13H17N3O. The smallest absolute Gasteiger partial charge is 0.223 e. The van der Waals surface area contributed by atoms with Crippen molar-refractivity contribution in [3.63, 3.8) is 0 Å². The Hall–Kier alpha value is -1.68. The first-order valence-electron chi connectivity index (χ1n) is 5.80. The molecule has 0 saturated heterocycles. The first-order chi connectivity index (χ1) is 8.16. The van der Waals surface area contributed by atoms with Crippen LogP contribution in [0.5, 0.6) is 0 Å². The standard InChI is InChI=1S/C13H17N3O/c1-9(2)12(17)8-15-13-14-7-10-5-3-4-6-11(10)16-13/h3-7,9,12,17H,8H2,1-2H3,(H,14,15,16). The van der Waals surface area contributed by atoms with Crippen LogP contribution >= 0.6 is 0 Å². The number of hydrogen-bond acceptors (Lipinski definition) is 4. The number of nitrogens with zero attached hydrogens (tertiary/aromatic N) is 2. The molecule has 1 aromatic carbocycles.